The maximum Gasteiger partial charge on any atom is 0.258 e. The Kier molecular flexibility index (Phi) is 20.2. The SMILES string of the molecule is C=C(C)/C=C\C(=C/C)[C@H](CC(=O)NCCC(=O)NCCCCC#Cc1cccc(Cn2c(-c3ccccc3)c(-c3ccccc3)c3c(=N)n(C4CCC(O)CC4)cnc32)c1)NC(=O)[C@@H]1C[C@@H](O)CN1C(=O)C(NC(=O)C1(F)CC1)C(C)(C)C. The van der Waals surface area contributed by atoms with E-state index in [4.69, 9.17) is 4.98 Å². The first-order chi connectivity index (χ1) is 39.7. The van der Waals surface area contributed by atoms with Gasteiger partial charge in [-0.2, -0.15) is 0 Å². The number of hydrogen-bond acceptors (Lipinski definition) is 9. The third kappa shape index (κ3) is 15.6. The summed E-state index contributed by atoms with van der Waals surface area (Å²) in [4.78, 5) is 73.6. The number of fused-ring (bicyclic) bond motifs is 1. The van der Waals surface area contributed by atoms with Crippen LogP contribution in [0.2, 0.25) is 0 Å². The molecule has 1 saturated heterocycles. The van der Waals surface area contributed by atoms with Crippen LogP contribution in [-0.4, -0.2) is 114 Å². The molecule has 2 saturated carbocycles. The average Bonchev–Trinajstić information content (AvgIpc) is 2.95. The standard InChI is InChI=1S/C66H80FN9O7/c1-7-46(27-26-43(2)3)52(72-62(81)53-38-51(78)41-74(53)63(82)59(65(4,5)6)73-64(83)66(67)33-34-66)39-55(80)70-36-32-54(79)69-35-17-9-8-12-19-44-20-18-21-45(37-44)40-75-58(48-24-15-11-16-25-48)56(47-22-13-10-14-23-47)57-60(68)76(42-71-61(57)75)49-28-30-50(77)31-29-49/h7,10-11,13-16,18,20-27,37,42,49-53,59,68,77-78H,2,8-9,17,28-36,38-41H2,1,3-6H3,(H,69,79)(H,70,80)(H,72,81)(H,73,83)/b27-26-,46-7+,68-60?/t49?,50?,51-,52+,53+,59?/m1/s1. The molecule has 3 aromatic carbocycles. The van der Waals surface area contributed by atoms with Crippen LogP contribution in [0.4, 0.5) is 4.39 Å². The Morgan fingerprint density at radius 1 is 0.880 bits per heavy atom. The maximum absolute atomic E-state index is 14.7. The summed E-state index contributed by atoms with van der Waals surface area (Å²) in [5.74, 6) is 3.87. The highest BCUT2D eigenvalue weighted by molar-refractivity contribution is 6.03. The molecule has 83 heavy (non-hydrogen) atoms. The molecule has 8 rings (SSSR count). The summed E-state index contributed by atoms with van der Waals surface area (Å²) < 4.78 is 18.9. The molecule has 2 aromatic heterocycles. The summed E-state index contributed by atoms with van der Waals surface area (Å²) in [6.07, 6.45) is 10.6. The Labute approximate surface area is 486 Å². The van der Waals surface area contributed by atoms with Crippen molar-refractivity contribution in [3.63, 3.8) is 0 Å². The lowest BCUT2D eigenvalue weighted by molar-refractivity contribution is -0.145. The zero-order valence-electron chi connectivity index (χ0n) is 48.5. The number of hydrogen-bond donors (Lipinski definition) is 7. The molecule has 3 heterocycles. The number of amides is 5. The van der Waals surface area contributed by atoms with Gasteiger partial charge >= 0.3 is 0 Å². The second-order valence-electron chi connectivity index (χ2n) is 23.5. The molecule has 5 aromatic rings. The smallest absolute Gasteiger partial charge is 0.258 e. The first kappa shape index (κ1) is 61.1. The molecule has 4 atom stereocenters. The highest BCUT2D eigenvalue weighted by Gasteiger charge is 2.53. The molecule has 0 radical (unpaired) electrons. The Balaban J connectivity index is 0.840. The first-order valence-corrected chi connectivity index (χ1v) is 29.1. The van der Waals surface area contributed by atoms with Crippen LogP contribution in [-0.2, 0) is 30.5 Å². The number of aliphatic hydroxyl groups excluding tert-OH is 2. The zero-order valence-corrected chi connectivity index (χ0v) is 48.5. The second-order valence-corrected chi connectivity index (χ2v) is 23.5. The van der Waals surface area contributed by atoms with E-state index in [0.717, 1.165) is 69.4 Å². The number of rotatable bonds is 22. The van der Waals surface area contributed by atoms with Gasteiger partial charge in [0.15, 0.2) is 5.67 Å². The van der Waals surface area contributed by atoms with Crippen LogP contribution in [0.25, 0.3) is 33.4 Å². The summed E-state index contributed by atoms with van der Waals surface area (Å²) in [6, 6.07) is 25.6. The van der Waals surface area contributed by atoms with Crippen molar-refractivity contribution in [3.05, 3.63) is 144 Å². The summed E-state index contributed by atoms with van der Waals surface area (Å²) in [5, 5.41) is 42.7. The number of halogens is 1. The number of β-amino-alcohol motifs (C(OH)–C–C–N with tert-alkyl or cyclic N) is 1. The molecular formula is C66H80FN9O7. The van der Waals surface area contributed by atoms with Gasteiger partial charge in [-0.3, -0.25) is 29.4 Å². The molecule has 17 heteroatoms. The Hall–Kier alpha value is -7.94. The highest BCUT2D eigenvalue weighted by atomic mass is 19.1. The lowest BCUT2D eigenvalue weighted by Crippen LogP contribution is -2.59. The monoisotopic (exact) mass is 1130 g/mol. The minimum Gasteiger partial charge on any atom is -0.393 e. The van der Waals surface area contributed by atoms with E-state index in [1.807, 2.05) is 53.1 Å². The molecule has 3 aliphatic rings. The largest absolute Gasteiger partial charge is 0.393 e. The van der Waals surface area contributed by atoms with Gasteiger partial charge in [0.05, 0.1) is 42.1 Å². The number of benzene rings is 3. The number of nitrogens with zero attached hydrogens (tertiary/aromatic N) is 4. The molecule has 0 bridgehead atoms. The number of aromatic nitrogens is 3. The van der Waals surface area contributed by atoms with Crippen LogP contribution in [0.1, 0.15) is 129 Å². The van der Waals surface area contributed by atoms with Gasteiger partial charge in [-0.1, -0.05) is 136 Å². The minimum atomic E-state index is -2.02. The molecule has 438 valence electrons. The summed E-state index contributed by atoms with van der Waals surface area (Å²) in [6.45, 7) is 13.5. The number of carbonyl (C=O) groups is 5. The van der Waals surface area contributed by atoms with E-state index in [9.17, 15) is 44.0 Å². The van der Waals surface area contributed by atoms with Crippen LogP contribution in [0.15, 0.2) is 127 Å². The Morgan fingerprint density at radius 3 is 2.23 bits per heavy atom. The number of nitrogens with one attached hydrogen (secondary N) is 5. The van der Waals surface area contributed by atoms with Crippen molar-refractivity contribution < 1.29 is 38.6 Å². The Morgan fingerprint density at radius 2 is 1.57 bits per heavy atom. The number of unbranched alkanes of at least 4 members (excludes halogenated alkanes) is 2. The molecular weight excluding hydrogens is 1050 g/mol. The number of aliphatic hydroxyl groups is 2. The second kappa shape index (κ2) is 27.4. The van der Waals surface area contributed by atoms with Gasteiger partial charge in [0, 0.05) is 62.6 Å². The number of allylic oxidation sites excluding steroid dienone is 3. The Bertz CT molecular complexity index is 3360. The first-order valence-electron chi connectivity index (χ1n) is 29.1. The quantitative estimate of drug-likeness (QED) is 0.0203. The molecule has 1 aliphatic heterocycles. The van der Waals surface area contributed by atoms with Crippen molar-refractivity contribution in [2.45, 2.75) is 160 Å². The van der Waals surface area contributed by atoms with Crippen molar-refractivity contribution >= 4 is 40.6 Å². The summed E-state index contributed by atoms with van der Waals surface area (Å²) in [5.41, 5.74) is 5.45. The maximum atomic E-state index is 14.7. The van der Waals surface area contributed by atoms with Gasteiger partial charge in [-0.05, 0) is 105 Å². The number of likely N-dealkylation sites (tertiary alicyclic amines) is 1. The van der Waals surface area contributed by atoms with Gasteiger partial charge < -0.3 is 45.5 Å². The molecule has 16 nitrogen and oxygen atoms in total. The molecule has 3 fully saturated rings. The molecule has 7 N–H and O–H groups in total. The fourth-order valence-electron chi connectivity index (χ4n) is 11.0. The lowest BCUT2D eigenvalue weighted by Gasteiger charge is -2.36. The van der Waals surface area contributed by atoms with Crippen molar-refractivity contribution in [3.8, 4) is 34.2 Å². The lowest BCUT2D eigenvalue weighted by atomic mass is 9.85. The molecule has 1 unspecified atom stereocenters. The van der Waals surface area contributed by atoms with Crippen molar-refractivity contribution in [2.75, 3.05) is 19.6 Å². The highest BCUT2D eigenvalue weighted by Crippen LogP contribution is 2.42. The van der Waals surface area contributed by atoms with Gasteiger partial charge in [0.2, 0.25) is 23.6 Å². The van der Waals surface area contributed by atoms with Crippen LogP contribution in [0.3, 0.4) is 0 Å². The van der Waals surface area contributed by atoms with E-state index in [1.165, 1.54) is 4.90 Å². The molecule has 5 amide bonds. The summed E-state index contributed by atoms with van der Waals surface area (Å²) >= 11 is 0. The van der Waals surface area contributed by atoms with Crippen molar-refractivity contribution in [1.82, 2.24) is 40.3 Å². The normalized spacial score (nSPS) is 19.3. The van der Waals surface area contributed by atoms with E-state index in [-0.39, 0.29) is 63.2 Å². The number of carbonyl (C=O) groups excluding carboxylic acids is 5. The van der Waals surface area contributed by atoms with Crippen LogP contribution in [0, 0.1) is 22.7 Å². The zero-order chi connectivity index (χ0) is 59.4. The predicted molar refractivity (Wildman–Crippen MR) is 320 cm³/mol. The van der Waals surface area contributed by atoms with Crippen molar-refractivity contribution in [2.24, 2.45) is 5.41 Å². The fraction of sp³-hybridized carbons (Fsp3) is 0.439. The topological polar surface area (TPSA) is 224 Å². The van der Waals surface area contributed by atoms with Gasteiger partial charge in [0.1, 0.15) is 23.2 Å². The van der Waals surface area contributed by atoms with E-state index in [1.54, 1.807) is 59.2 Å². The average molecular weight is 1130 g/mol. The van der Waals surface area contributed by atoms with E-state index in [2.05, 4.69) is 80.7 Å². The van der Waals surface area contributed by atoms with Crippen LogP contribution < -0.4 is 26.8 Å². The van der Waals surface area contributed by atoms with Crippen LogP contribution in [0.5, 0.6) is 0 Å². The van der Waals surface area contributed by atoms with Gasteiger partial charge in [-0.25, -0.2) is 9.37 Å². The van der Waals surface area contributed by atoms with Gasteiger partial charge in [-0.15, -0.1) is 0 Å². The third-order valence-corrected chi connectivity index (χ3v) is 15.8. The third-order valence-electron chi connectivity index (χ3n) is 15.8. The number of alkyl halides is 1. The van der Waals surface area contributed by atoms with Gasteiger partial charge in [0.25, 0.3) is 5.91 Å². The fourth-order valence-corrected chi connectivity index (χ4v) is 11.0. The summed E-state index contributed by atoms with van der Waals surface area (Å²) in [7, 11) is 0. The van der Waals surface area contributed by atoms with E-state index >= 15 is 0 Å². The van der Waals surface area contributed by atoms with E-state index in [0.29, 0.717) is 49.8 Å². The van der Waals surface area contributed by atoms with Crippen molar-refractivity contribution in [1.29, 1.82) is 5.41 Å². The molecule has 2 aliphatic carbocycles. The van der Waals surface area contributed by atoms with E-state index < -0.39 is 58.9 Å². The minimum absolute atomic E-state index is 0.0305. The predicted octanol–water partition coefficient (Wildman–Crippen LogP) is 8.27. The van der Waals surface area contributed by atoms with Crippen LogP contribution >= 0.6 is 0 Å². The molecule has 0 spiro atoms.